The quantitative estimate of drug-likeness (QED) is 0.353. The largest absolute Gasteiger partial charge is 0.490 e. The second kappa shape index (κ2) is 6.89. The van der Waals surface area contributed by atoms with Crippen LogP contribution >= 0.6 is 0 Å². The summed E-state index contributed by atoms with van der Waals surface area (Å²) in [4.78, 5) is 21.5. The van der Waals surface area contributed by atoms with Crippen molar-refractivity contribution in [2.24, 2.45) is 0 Å². The Morgan fingerprint density at radius 2 is 2.25 bits per heavy atom. The fraction of sp³-hybridized carbons (Fsp3) is 0.231. The zero-order valence-corrected chi connectivity index (χ0v) is 11.0. The molecule has 7 nitrogen and oxygen atoms in total. The summed E-state index contributed by atoms with van der Waals surface area (Å²) in [7, 11) is 1.28. The zero-order chi connectivity index (χ0) is 15.1. The molecule has 0 saturated heterocycles. The van der Waals surface area contributed by atoms with Crippen molar-refractivity contribution < 1.29 is 19.2 Å². The van der Waals surface area contributed by atoms with E-state index in [1.54, 1.807) is 13.0 Å². The predicted molar refractivity (Wildman–Crippen MR) is 70.0 cm³/mol. The minimum Gasteiger partial charge on any atom is -0.490 e. The van der Waals surface area contributed by atoms with E-state index in [1.165, 1.54) is 25.3 Å². The molecule has 104 valence electrons. The number of nitriles is 1. The lowest BCUT2D eigenvalue weighted by molar-refractivity contribution is -0.386. The van der Waals surface area contributed by atoms with E-state index >= 15 is 0 Å². The number of nitro groups is 1. The number of nitrogens with zero attached hydrogens (tertiary/aromatic N) is 2. The van der Waals surface area contributed by atoms with Gasteiger partial charge in [-0.25, -0.2) is 4.79 Å². The highest BCUT2D eigenvalue weighted by molar-refractivity contribution is 5.88. The Bertz CT molecular complexity index is 602. The molecule has 20 heavy (non-hydrogen) atoms. The smallest absolute Gasteiger partial charge is 0.330 e. The number of esters is 1. The third kappa shape index (κ3) is 3.32. The average molecular weight is 276 g/mol. The van der Waals surface area contributed by atoms with Crippen LogP contribution in [0.4, 0.5) is 5.69 Å². The molecule has 0 radical (unpaired) electrons. The molecule has 0 bridgehead atoms. The highest BCUT2D eigenvalue weighted by atomic mass is 16.6. The average Bonchev–Trinajstić information content (AvgIpc) is 2.43. The molecule has 1 rings (SSSR count). The van der Waals surface area contributed by atoms with Crippen LogP contribution in [-0.4, -0.2) is 24.6 Å². The number of rotatable bonds is 5. The van der Waals surface area contributed by atoms with Crippen LogP contribution in [-0.2, 0) is 9.53 Å². The lowest BCUT2D eigenvalue weighted by atomic mass is 10.1. The Balaban J connectivity index is 3.29. The Morgan fingerprint density at radius 3 is 2.75 bits per heavy atom. The Morgan fingerprint density at radius 1 is 1.55 bits per heavy atom. The fourth-order valence-electron chi connectivity index (χ4n) is 1.54. The van der Waals surface area contributed by atoms with Crippen molar-refractivity contribution >= 4 is 17.7 Å². The molecule has 1 aromatic rings. The summed E-state index contributed by atoms with van der Waals surface area (Å²) in [6.45, 7) is 1.88. The van der Waals surface area contributed by atoms with Crippen molar-refractivity contribution in [3.05, 3.63) is 39.4 Å². The van der Waals surface area contributed by atoms with E-state index < -0.39 is 16.6 Å². The highest BCUT2D eigenvalue weighted by Gasteiger charge is 2.23. The molecule has 0 heterocycles. The number of hydrogen-bond acceptors (Lipinski definition) is 6. The van der Waals surface area contributed by atoms with E-state index in [0.717, 1.165) is 6.08 Å². The third-order valence-electron chi connectivity index (χ3n) is 2.37. The maximum absolute atomic E-state index is 11.2. The first-order valence-corrected chi connectivity index (χ1v) is 5.65. The van der Waals surface area contributed by atoms with Crippen molar-refractivity contribution in [1.82, 2.24) is 0 Å². The minimum absolute atomic E-state index is 0.0140. The number of benzene rings is 1. The van der Waals surface area contributed by atoms with Crippen LogP contribution in [0.25, 0.3) is 6.08 Å². The molecular formula is C13H12N2O5. The van der Waals surface area contributed by atoms with Crippen LogP contribution in [0.1, 0.15) is 18.1 Å². The predicted octanol–water partition coefficient (Wildman–Crippen LogP) is 2.05. The van der Waals surface area contributed by atoms with Crippen LogP contribution in [0.3, 0.4) is 0 Å². The first-order valence-electron chi connectivity index (χ1n) is 5.65. The number of nitro benzene ring substituents is 1. The normalized spacial score (nSPS) is 10.1. The first kappa shape index (κ1) is 15.2. The van der Waals surface area contributed by atoms with Gasteiger partial charge in [-0.15, -0.1) is 0 Å². The Kier molecular flexibility index (Phi) is 5.23. The van der Waals surface area contributed by atoms with E-state index in [9.17, 15) is 14.9 Å². The number of hydrogen-bond donors (Lipinski definition) is 0. The zero-order valence-electron chi connectivity index (χ0n) is 11.0. The molecule has 0 fully saturated rings. The molecule has 0 aliphatic carbocycles. The standard InChI is InChI=1S/C13H12N2O5/c1-3-20-12(16)7-5-9-4-6-11(19-2)13(15(17)18)10(9)8-14/h4-7H,3H2,1-2H3/b7-5+. The van der Waals surface area contributed by atoms with Gasteiger partial charge in [0.2, 0.25) is 0 Å². The summed E-state index contributed by atoms with van der Waals surface area (Å²) in [6.07, 6.45) is 2.40. The second-order valence-corrected chi connectivity index (χ2v) is 3.53. The van der Waals surface area contributed by atoms with Crippen LogP contribution in [0.5, 0.6) is 5.75 Å². The van der Waals surface area contributed by atoms with Gasteiger partial charge in [-0.2, -0.15) is 5.26 Å². The molecule has 0 N–H and O–H groups in total. The van der Waals surface area contributed by atoms with Crippen LogP contribution in [0.2, 0.25) is 0 Å². The topological polar surface area (TPSA) is 102 Å². The van der Waals surface area contributed by atoms with Gasteiger partial charge in [0.05, 0.1) is 18.6 Å². The van der Waals surface area contributed by atoms with Gasteiger partial charge in [-0.3, -0.25) is 10.1 Å². The van der Waals surface area contributed by atoms with Crippen molar-refractivity contribution in [2.45, 2.75) is 6.92 Å². The van der Waals surface area contributed by atoms with Crippen molar-refractivity contribution in [3.63, 3.8) is 0 Å². The van der Waals surface area contributed by atoms with Gasteiger partial charge in [0.1, 0.15) is 11.6 Å². The van der Waals surface area contributed by atoms with Crippen molar-refractivity contribution in [3.8, 4) is 11.8 Å². The maximum atomic E-state index is 11.2. The van der Waals surface area contributed by atoms with Gasteiger partial charge in [0.25, 0.3) is 0 Å². The Hall–Kier alpha value is -2.88. The van der Waals surface area contributed by atoms with E-state index in [0.29, 0.717) is 0 Å². The van der Waals surface area contributed by atoms with Gasteiger partial charge in [0.15, 0.2) is 5.75 Å². The lowest BCUT2D eigenvalue weighted by Gasteiger charge is -2.05. The molecule has 0 aliphatic heterocycles. The van der Waals surface area contributed by atoms with E-state index in [-0.39, 0.29) is 23.5 Å². The van der Waals surface area contributed by atoms with E-state index in [4.69, 9.17) is 14.7 Å². The second-order valence-electron chi connectivity index (χ2n) is 3.53. The van der Waals surface area contributed by atoms with Gasteiger partial charge < -0.3 is 9.47 Å². The molecule has 0 amide bonds. The van der Waals surface area contributed by atoms with Crippen LogP contribution < -0.4 is 4.74 Å². The summed E-state index contributed by atoms with van der Waals surface area (Å²) in [6, 6.07) is 4.57. The molecule has 1 aromatic carbocycles. The number of ether oxygens (including phenoxy) is 2. The lowest BCUT2D eigenvalue weighted by Crippen LogP contribution is -2.00. The number of methoxy groups -OCH3 is 1. The number of carbonyl (C=O) groups is 1. The molecule has 0 unspecified atom stereocenters. The molecule has 7 heteroatoms. The van der Waals surface area contributed by atoms with Crippen molar-refractivity contribution in [2.75, 3.05) is 13.7 Å². The number of carbonyl (C=O) groups excluding carboxylic acids is 1. The van der Waals surface area contributed by atoms with Gasteiger partial charge in [-0.05, 0) is 30.7 Å². The highest BCUT2D eigenvalue weighted by Crippen LogP contribution is 2.33. The summed E-state index contributed by atoms with van der Waals surface area (Å²) < 4.78 is 9.55. The molecule has 0 spiro atoms. The van der Waals surface area contributed by atoms with Crippen molar-refractivity contribution in [1.29, 1.82) is 5.26 Å². The minimum atomic E-state index is -0.695. The molecule has 0 aromatic heterocycles. The molecule has 0 atom stereocenters. The van der Waals surface area contributed by atoms with Crippen LogP contribution in [0, 0.1) is 21.4 Å². The van der Waals surface area contributed by atoms with Gasteiger partial charge >= 0.3 is 11.7 Å². The van der Waals surface area contributed by atoms with Crippen LogP contribution in [0.15, 0.2) is 18.2 Å². The molecule has 0 saturated carbocycles. The Labute approximate surface area is 115 Å². The van der Waals surface area contributed by atoms with E-state index in [2.05, 4.69) is 0 Å². The molecular weight excluding hydrogens is 264 g/mol. The SMILES string of the molecule is CCOC(=O)/C=C/c1ccc(OC)c([N+](=O)[O-])c1C#N. The van der Waals surface area contributed by atoms with Gasteiger partial charge in [0, 0.05) is 6.08 Å². The first-order chi connectivity index (χ1) is 9.54. The molecule has 0 aliphatic rings. The summed E-state index contributed by atoms with van der Waals surface area (Å²) >= 11 is 0. The van der Waals surface area contributed by atoms with Gasteiger partial charge in [-0.1, -0.05) is 0 Å². The fourth-order valence-corrected chi connectivity index (χ4v) is 1.54. The summed E-state index contributed by atoms with van der Waals surface area (Å²) in [5, 5.41) is 20.1. The van der Waals surface area contributed by atoms with E-state index in [1.807, 2.05) is 0 Å². The third-order valence-corrected chi connectivity index (χ3v) is 2.37. The monoisotopic (exact) mass is 276 g/mol. The maximum Gasteiger partial charge on any atom is 0.330 e. The summed E-state index contributed by atoms with van der Waals surface area (Å²) in [5.41, 5.74) is -0.357. The summed E-state index contributed by atoms with van der Waals surface area (Å²) in [5.74, 6) is -0.602.